The first kappa shape index (κ1) is 15.8. The van der Waals surface area contributed by atoms with Crippen LogP contribution in [0, 0.1) is 0 Å². The van der Waals surface area contributed by atoms with E-state index in [4.69, 9.17) is 9.47 Å². The van der Waals surface area contributed by atoms with Crippen molar-refractivity contribution < 1.29 is 9.47 Å². The third-order valence-electron chi connectivity index (χ3n) is 4.71. The third kappa shape index (κ3) is 3.80. The van der Waals surface area contributed by atoms with E-state index in [1.54, 1.807) is 0 Å². The molecular weight excluding hydrogens is 276 g/mol. The molecule has 0 atom stereocenters. The Bertz CT molecular complexity index is 456. The topological polar surface area (TPSA) is 24.9 Å². The molecule has 0 saturated carbocycles. The first-order valence-electron chi connectivity index (χ1n) is 8.43. The van der Waals surface area contributed by atoms with Crippen LogP contribution in [0.1, 0.15) is 24.8 Å². The molecule has 2 heterocycles. The number of nitrogens with zero attached hydrogens (tertiary/aromatic N) is 2. The van der Waals surface area contributed by atoms with Crippen molar-refractivity contribution in [3.8, 4) is 0 Å². The third-order valence-corrected chi connectivity index (χ3v) is 4.71. The fourth-order valence-electron chi connectivity index (χ4n) is 3.36. The van der Waals surface area contributed by atoms with Crippen LogP contribution >= 0.6 is 0 Å². The Hall–Kier alpha value is -1.10. The number of anilines is 1. The molecule has 2 aliphatic heterocycles. The van der Waals surface area contributed by atoms with Crippen LogP contribution in [0.25, 0.3) is 0 Å². The van der Waals surface area contributed by atoms with E-state index in [9.17, 15) is 0 Å². The Balaban J connectivity index is 1.50. The van der Waals surface area contributed by atoms with Crippen LogP contribution in [0.15, 0.2) is 24.3 Å². The summed E-state index contributed by atoms with van der Waals surface area (Å²) in [6.07, 6.45) is 4.31. The van der Waals surface area contributed by atoms with Gasteiger partial charge in [0.25, 0.3) is 0 Å². The zero-order chi connectivity index (χ0) is 15.4. The lowest BCUT2D eigenvalue weighted by Gasteiger charge is -2.38. The minimum absolute atomic E-state index is 0.275. The van der Waals surface area contributed by atoms with Gasteiger partial charge in [0, 0.05) is 31.6 Å². The highest BCUT2D eigenvalue weighted by Crippen LogP contribution is 2.33. The summed E-state index contributed by atoms with van der Waals surface area (Å²) in [7, 11) is 4.26. The van der Waals surface area contributed by atoms with Gasteiger partial charge in [-0.15, -0.1) is 0 Å². The van der Waals surface area contributed by atoms with Gasteiger partial charge in [-0.2, -0.15) is 0 Å². The molecule has 122 valence electrons. The summed E-state index contributed by atoms with van der Waals surface area (Å²) in [6.45, 7) is 4.68. The highest BCUT2D eigenvalue weighted by atomic mass is 16.7. The number of aryl methyl sites for hydroxylation is 1. The Morgan fingerprint density at radius 2 is 1.68 bits per heavy atom. The van der Waals surface area contributed by atoms with Crippen LogP contribution in [0.4, 0.5) is 5.69 Å². The van der Waals surface area contributed by atoms with Gasteiger partial charge in [-0.1, -0.05) is 12.1 Å². The number of rotatable bonds is 5. The predicted molar refractivity (Wildman–Crippen MR) is 89.4 cm³/mol. The average molecular weight is 304 g/mol. The molecule has 1 aromatic rings. The molecule has 4 heteroatoms. The molecule has 0 unspecified atom stereocenters. The van der Waals surface area contributed by atoms with Crippen molar-refractivity contribution in [1.82, 2.24) is 4.90 Å². The summed E-state index contributed by atoms with van der Waals surface area (Å²) in [5.74, 6) is -0.275. The Morgan fingerprint density at radius 3 is 2.27 bits per heavy atom. The van der Waals surface area contributed by atoms with Gasteiger partial charge in [0.1, 0.15) is 0 Å². The molecule has 0 bridgehead atoms. The van der Waals surface area contributed by atoms with Gasteiger partial charge in [0.2, 0.25) is 0 Å². The Kier molecular flexibility index (Phi) is 5.01. The molecule has 2 saturated heterocycles. The maximum atomic E-state index is 5.80. The Morgan fingerprint density at radius 1 is 1.05 bits per heavy atom. The normalized spacial score (nSPS) is 21.0. The predicted octanol–water partition coefficient (Wildman–Crippen LogP) is 2.52. The van der Waals surface area contributed by atoms with Crippen molar-refractivity contribution in [3.63, 3.8) is 0 Å². The summed E-state index contributed by atoms with van der Waals surface area (Å²) < 4.78 is 11.6. The van der Waals surface area contributed by atoms with Crippen LogP contribution in [-0.4, -0.2) is 57.6 Å². The maximum Gasteiger partial charge on any atom is 0.171 e. The number of benzene rings is 1. The average Bonchev–Trinajstić information content (AvgIpc) is 2.97. The molecule has 0 aromatic heterocycles. The lowest BCUT2D eigenvalue weighted by atomic mass is 10.0. The van der Waals surface area contributed by atoms with Crippen molar-refractivity contribution in [2.24, 2.45) is 0 Å². The fourth-order valence-corrected chi connectivity index (χ4v) is 3.36. The Labute approximate surface area is 134 Å². The molecule has 1 spiro atoms. The zero-order valence-electron chi connectivity index (χ0n) is 13.9. The van der Waals surface area contributed by atoms with Gasteiger partial charge in [0.15, 0.2) is 5.79 Å². The fraction of sp³-hybridized carbons (Fsp3) is 0.667. The number of piperidine rings is 1. The molecule has 2 aliphatic rings. The second kappa shape index (κ2) is 6.99. The van der Waals surface area contributed by atoms with E-state index in [1.807, 2.05) is 0 Å². The van der Waals surface area contributed by atoms with Gasteiger partial charge in [-0.25, -0.2) is 0 Å². The van der Waals surface area contributed by atoms with Gasteiger partial charge in [-0.3, -0.25) is 0 Å². The van der Waals surface area contributed by atoms with Crippen molar-refractivity contribution in [2.45, 2.75) is 31.5 Å². The molecule has 2 fully saturated rings. The van der Waals surface area contributed by atoms with Crippen molar-refractivity contribution >= 4 is 5.69 Å². The van der Waals surface area contributed by atoms with Gasteiger partial charge < -0.3 is 19.3 Å². The molecule has 1 aromatic carbocycles. The van der Waals surface area contributed by atoms with E-state index >= 15 is 0 Å². The lowest BCUT2D eigenvalue weighted by molar-refractivity contribution is -0.169. The van der Waals surface area contributed by atoms with Crippen molar-refractivity contribution in [3.05, 3.63) is 29.8 Å². The first-order chi connectivity index (χ1) is 10.7. The zero-order valence-corrected chi connectivity index (χ0v) is 13.9. The van der Waals surface area contributed by atoms with E-state index in [0.29, 0.717) is 0 Å². The standard InChI is InChI=1S/C18H28N2O2/c1-19(2)11-3-4-16-5-7-17(8-6-16)20-12-9-18(10-13-20)21-14-15-22-18/h5-8H,3-4,9-15H2,1-2H3. The van der Waals surface area contributed by atoms with E-state index in [-0.39, 0.29) is 5.79 Å². The largest absolute Gasteiger partial charge is 0.371 e. The molecule has 0 aliphatic carbocycles. The molecule has 3 rings (SSSR count). The molecule has 22 heavy (non-hydrogen) atoms. The molecule has 0 radical (unpaired) electrons. The van der Waals surface area contributed by atoms with Crippen LogP contribution in [0.3, 0.4) is 0 Å². The summed E-state index contributed by atoms with van der Waals surface area (Å²) >= 11 is 0. The van der Waals surface area contributed by atoms with Gasteiger partial charge in [-0.05, 0) is 51.2 Å². The summed E-state index contributed by atoms with van der Waals surface area (Å²) in [5, 5.41) is 0. The quantitative estimate of drug-likeness (QED) is 0.834. The molecule has 4 nitrogen and oxygen atoms in total. The van der Waals surface area contributed by atoms with Crippen LogP contribution < -0.4 is 4.90 Å². The highest BCUT2D eigenvalue weighted by Gasteiger charge is 2.39. The lowest BCUT2D eigenvalue weighted by Crippen LogP contribution is -2.45. The highest BCUT2D eigenvalue weighted by molar-refractivity contribution is 5.48. The van der Waals surface area contributed by atoms with Crippen molar-refractivity contribution in [1.29, 1.82) is 0 Å². The molecule has 0 amide bonds. The van der Waals surface area contributed by atoms with E-state index in [0.717, 1.165) is 52.1 Å². The monoisotopic (exact) mass is 304 g/mol. The van der Waals surface area contributed by atoms with Crippen LogP contribution in [-0.2, 0) is 15.9 Å². The minimum atomic E-state index is -0.275. The second-order valence-electron chi connectivity index (χ2n) is 6.67. The van der Waals surface area contributed by atoms with E-state index in [2.05, 4.69) is 48.2 Å². The van der Waals surface area contributed by atoms with Crippen molar-refractivity contribution in [2.75, 3.05) is 51.8 Å². The number of ether oxygens (including phenoxy) is 2. The maximum absolute atomic E-state index is 5.80. The number of hydrogen-bond acceptors (Lipinski definition) is 4. The smallest absolute Gasteiger partial charge is 0.171 e. The SMILES string of the molecule is CN(C)CCCc1ccc(N2CCC3(CC2)OCCO3)cc1. The van der Waals surface area contributed by atoms with E-state index < -0.39 is 0 Å². The van der Waals surface area contributed by atoms with Gasteiger partial charge >= 0.3 is 0 Å². The second-order valence-corrected chi connectivity index (χ2v) is 6.67. The summed E-state index contributed by atoms with van der Waals surface area (Å²) in [4.78, 5) is 4.69. The van der Waals surface area contributed by atoms with Crippen LogP contribution in [0.2, 0.25) is 0 Å². The molecular formula is C18H28N2O2. The minimum Gasteiger partial charge on any atom is -0.371 e. The summed E-state index contributed by atoms with van der Waals surface area (Å²) in [6, 6.07) is 9.08. The summed E-state index contributed by atoms with van der Waals surface area (Å²) in [5.41, 5.74) is 2.76. The molecule has 0 N–H and O–H groups in total. The van der Waals surface area contributed by atoms with Crippen LogP contribution in [0.5, 0.6) is 0 Å². The van der Waals surface area contributed by atoms with Gasteiger partial charge in [0.05, 0.1) is 13.2 Å². The first-order valence-corrected chi connectivity index (χ1v) is 8.43. The number of hydrogen-bond donors (Lipinski definition) is 0. The van der Waals surface area contributed by atoms with E-state index in [1.165, 1.54) is 17.7 Å².